The average molecular weight is 486 g/mol. The van der Waals surface area contributed by atoms with Crippen LogP contribution < -0.4 is 10.2 Å². The zero-order chi connectivity index (χ0) is 24.0. The molecule has 0 spiro atoms. The van der Waals surface area contributed by atoms with Gasteiger partial charge in [0.15, 0.2) is 5.16 Å². The minimum absolute atomic E-state index is 0.0920. The normalized spacial score (nSPS) is 13.6. The number of benzene rings is 3. The summed E-state index contributed by atoms with van der Waals surface area (Å²) in [6.07, 6.45) is 0. The van der Waals surface area contributed by atoms with E-state index in [0.29, 0.717) is 18.4 Å². The van der Waals surface area contributed by atoms with Gasteiger partial charge in [-0.05, 0) is 30.2 Å². The van der Waals surface area contributed by atoms with Gasteiger partial charge in [0.2, 0.25) is 11.9 Å². The van der Waals surface area contributed by atoms with Crippen LogP contribution in [0.15, 0.2) is 84.0 Å². The standard InChI is InChI=1S/C27H27N5O2S/c1-20-9-5-8-14-24(20)32-26(31-15-17-34-18-16-31)29-30-27(32)35-19-25(33)28-23-13-7-6-12-22(23)21-10-3-2-4-11-21/h2-14H,15-19H2,1H3,(H,28,33). The molecule has 1 aromatic heterocycles. The van der Waals surface area contributed by atoms with Crippen molar-refractivity contribution < 1.29 is 9.53 Å². The molecule has 1 aliphatic rings. The molecule has 1 fully saturated rings. The number of carbonyl (C=O) groups is 1. The molecule has 0 radical (unpaired) electrons. The van der Waals surface area contributed by atoms with Crippen molar-refractivity contribution in [1.82, 2.24) is 14.8 Å². The molecular formula is C27H27N5O2S. The molecule has 0 unspecified atom stereocenters. The molecule has 1 amide bonds. The quantitative estimate of drug-likeness (QED) is 0.379. The molecule has 1 aliphatic heterocycles. The zero-order valence-electron chi connectivity index (χ0n) is 19.6. The number of hydrogen-bond acceptors (Lipinski definition) is 6. The number of nitrogens with zero attached hydrogens (tertiary/aromatic N) is 4. The van der Waals surface area contributed by atoms with Crippen molar-refractivity contribution in [3.8, 4) is 16.8 Å². The highest BCUT2D eigenvalue weighted by Crippen LogP contribution is 2.30. The van der Waals surface area contributed by atoms with Crippen LogP contribution >= 0.6 is 11.8 Å². The highest BCUT2D eigenvalue weighted by atomic mass is 32.2. The lowest BCUT2D eigenvalue weighted by Crippen LogP contribution is -2.38. The average Bonchev–Trinajstić information content (AvgIpc) is 3.33. The molecule has 0 bridgehead atoms. The van der Waals surface area contributed by atoms with Crippen LogP contribution in [0.4, 0.5) is 11.6 Å². The van der Waals surface area contributed by atoms with Crippen LogP contribution in [0.5, 0.6) is 0 Å². The first-order valence-electron chi connectivity index (χ1n) is 11.6. The lowest BCUT2D eigenvalue weighted by Gasteiger charge is -2.28. The van der Waals surface area contributed by atoms with Gasteiger partial charge in [-0.15, -0.1) is 10.2 Å². The molecule has 7 nitrogen and oxygen atoms in total. The van der Waals surface area contributed by atoms with Gasteiger partial charge in [-0.25, -0.2) is 0 Å². The first kappa shape index (κ1) is 23.1. The number of anilines is 2. The monoisotopic (exact) mass is 485 g/mol. The Labute approximate surface area is 209 Å². The second-order valence-electron chi connectivity index (χ2n) is 8.25. The first-order valence-corrected chi connectivity index (χ1v) is 12.6. The van der Waals surface area contributed by atoms with Gasteiger partial charge in [0, 0.05) is 24.3 Å². The number of amides is 1. The zero-order valence-corrected chi connectivity index (χ0v) is 20.4. The van der Waals surface area contributed by atoms with Gasteiger partial charge >= 0.3 is 0 Å². The number of rotatable bonds is 7. The fourth-order valence-corrected chi connectivity index (χ4v) is 4.87. The predicted molar refractivity (Wildman–Crippen MR) is 140 cm³/mol. The van der Waals surface area contributed by atoms with E-state index in [9.17, 15) is 4.79 Å². The van der Waals surface area contributed by atoms with E-state index in [4.69, 9.17) is 4.74 Å². The molecule has 5 rings (SSSR count). The molecule has 0 aliphatic carbocycles. The van der Waals surface area contributed by atoms with Crippen molar-refractivity contribution in [1.29, 1.82) is 0 Å². The first-order chi connectivity index (χ1) is 17.2. The molecular weight excluding hydrogens is 458 g/mol. The van der Waals surface area contributed by atoms with Crippen LogP contribution in [0.2, 0.25) is 0 Å². The number of morpholine rings is 1. The SMILES string of the molecule is Cc1ccccc1-n1c(SCC(=O)Nc2ccccc2-c2ccccc2)nnc1N1CCOCC1. The third-order valence-corrected chi connectivity index (χ3v) is 6.81. The summed E-state index contributed by atoms with van der Waals surface area (Å²) in [7, 11) is 0. The molecule has 0 saturated carbocycles. The fraction of sp³-hybridized carbons (Fsp3) is 0.222. The van der Waals surface area contributed by atoms with Gasteiger partial charge in [0.1, 0.15) is 0 Å². The van der Waals surface area contributed by atoms with E-state index in [1.165, 1.54) is 11.8 Å². The van der Waals surface area contributed by atoms with E-state index in [-0.39, 0.29) is 11.7 Å². The Morgan fingerprint density at radius 3 is 2.46 bits per heavy atom. The van der Waals surface area contributed by atoms with E-state index in [1.54, 1.807) is 0 Å². The Bertz CT molecular complexity index is 1300. The number of nitrogens with one attached hydrogen (secondary N) is 1. The Hall–Kier alpha value is -3.62. The van der Waals surface area contributed by atoms with Crippen molar-refractivity contribution in [2.24, 2.45) is 0 Å². The van der Waals surface area contributed by atoms with Gasteiger partial charge in [-0.2, -0.15) is 0 Å². The molecule has 3 aromatic carbocycles. The van der Waals surface area contributed by atoms with E-state index >= 15 is 0 Å². The fourth-order valence-electron chi connectivity index (χ4n) is 4.13. The van der Waals surface area contributed by atoms with Crippen molar-refractivity contribution in [2.45, 2.75) is 12.1 Å². The van der Waals surface area contributed by atoms with Crippen molar-refractivity contribution in [3.05, 3.63) is 84.4 Å². The lowest BCUT2D eigenvalue weighted by atomic mass is 10.0. The second kappa shape index (κ2) is 10.8. The number of aromatic nitrogens is 3. The summed E-state index contributed by atoms with van der Waals surface area (Å²) in [5.74, 6) is 0.904. The molecule has 1 saturated heterocycles. The molecule has 35 heavy (non-hydrogen) atoms. The van der Waals surface area contributed by atoms with E-state index < -0.39 is 0 Å². The maximum absolute atomic E-state index is 13.0. The highest BCUT2D eigenvalue weighted by Gasteiger charge is 2.23. The van der Waals surface area contributed by atoms with Gasteiger partial charge in [0.25, 0.3) is 0 Å². The summed E-state index contributed by atoms with van der Waals surface area (Å²) in [6, 6.07) is 26.1. The molecule has 2 heterocycles. The van der Waals surface area contributed by atoms with Crippen molar-refractivity contribution in [2.75, 3.05) is 42.3 Å². The topological polar surface area (TPSA) is 72.3 Å². The van der Waals surface area contributed by atoms with Gasteiger partial charge in [-0.3, -0.25) is 9.36 Å². The Balaban J connectivity index is 1.36. The van der Waals surface area contributed by atoms with Crippen LogP contribution in [0, 0.1) is 6.92 Å². The number of hydrogen-bond donors (Lipinski definition) is 1. The minimum atomic E-state index is -0.0920. The Morgan fingerprint density at radius 1 is 0.943 bits per heavy atom. The number of ether oxygens (including phenoxy) is 1. The molecule has 0 atom stereocenters. The summed E-state index contributed by atoms with van der Waals surface area (Å²) in [5, 5.41) is 12.7. The van der Waals surface area contributed by atoms with Crippen LogP contribution in [0.1, 0.15) is 5.56 Å². The largest absolute Gasteiger partial charge is 0.378 e. The summed E-state index contributed by atoms with van der Waals surface area (Å²) in [6.45, 7) is 4.90. The van der Waals surface area contributed by atoms with Crippen LogP contribution in [-0.4, -0.2) is 52.7 Å². The van der Waals surface area contributed by atoms with Crippen molar-refractivity contribution in [3.63, 3.8) is 0 Å². The van der Waals surface area contributed by atoms with Gasteiger partial charge in [-0.1, -0.05) is 78.5 Å². The van der Waals surface area contributed by atoms with Gasteiger partial charge < -0.3 is 15.0 Å². The molecule has 1 N–H and O–H groups in total. The van der Waals surface area contributed by atoms with E-state index in [1.807, 2.05) is 66.7 Å². The maximum atomic E-state index is 13.0. The summed E-state index contributed by atoms with van der Waals surface area (Å²) in [4.78, 5) is 15.2. The lowest BCUT2D eigenvalue weighted by molar-refractivity contribution is -0.113. The Morgan fingerprint density at radius 2 is 1.66 bits per heavy atom. The van der Waals surface area contributed by atoms with Crippen LogP contribution in [0.3, 0.4) is 0 Å². The minimum Gasteiger partial charge on any atom is -0.378 e. The predicted octanol–water partition coefficient (Wildman–Crippen LogP) is 4.81. The smallest absolute Gasteiger partial charge is 0.234 e. The van der Waals surface area contributed by atoms with Crippen LogP contribution in [-0.2, 0) is 9.53 Å². The number of aryl methyl sites for hydroxylation is 1. The summed E-state index contributed by atoms with van der Waals surface area (Å²) >= 11 is 1.38. The van der Waals surface area contributed by atoms with E-state index in [0.717, 1.165) is 47.1 Å². The van der Waals surface area contributed by atoms with Crippen LogP contribution in [0.25, 0.3) is 16.8 Å². The number of carbonyl (C=O) groups excluding carboxylic acids is 1. The maximum Gasteiger partial charge on any atom is 0.234 e. The summed E-state index contributed by atoms with van der Waals surface area (Å²) < 4.78 is 7.57. The number of thioether (sulfide) groups is 1. The third kappa shape index (κ3) is 5.23. The third-order valence-electron chi connectivity index (χ3n) is 5.88. The molecule has 8 heteroatoms. The molecule has 178 valence electrons. The molecule has 4 aromatic rings. The van der Waals surface area contributed by atoms with Gasteiger partial charge in [0.05, 0.1) is 24.7 Å². The van der Waals surface area contributed by atoms with E-state index in [2.05, 4.69) is 44.0 Å². The van der Waals surface area contributed by atoms with Crippen molar-refractivity contribution >= 4 is 29.3 Å². The second-order valence-corrected chi connectivity index (χ2v) is 9.19. The number of para-hydroxylation sites is 2. The highest BCUT2D eigenvalue weighted by molar-refractivity contribution is 7.99. The summed E-state index contributed by atoms with van der Waals surface area (Å²) in [5.41, 5.74) is 4.97. The Kier molecular flexibility index (Phi) is 7.11.